The zero-order valence-corrected chi connectivity index (χ0v) is 8.20. The first-order valence-electron chi connectivity index (χ1n) is 3.87. The van der Waals surface area contributed by atoms with Crippen molar-refractivity contribution in [2.45, 2.75) is 6.92 Å². The number of phenols is 1. The molecule has 1 rings (SSSR count). The van der Waals surface area contributed by atoms with Crippen LogP contribution in [0.2, 0.25) is 0 Å². The lowest BCUT2D eigenvalue weighted by Crippen LogP contribution is -1.93. The van der Waals surface area contributed by atoms with Crippen LogP contribution >= 0.6 is 12.6 Å². The summed E-state index contributed by atoms with van der Waals surface area (Å²) in [4.78, 5) is 4.07. The number of para-hydroxylation sites is 1. The molecule has 0 atom stereocenters. The fraction of sp³-hybridized carbons (Fsp3) is 0.100. The molecule has 1 aromatic rings. The molecule has 0 saturated carbocycles. The molecule has 1 N–H and O–H groups in total. The maximum Gasteiger partial charge on any atom is 0.124 e. The van der Waals surface area contributed by atoms with E-state index >= 15 is 0 Å². The van der Waals surface area contributed by atoms with E-state index in [-0.39, 0.29) is 5.75 Å². The monoisotopic (exact) mass is 193 g/mol. The van der Waals surface area contributed by atoms with Crippen LogP contribution < -0.4 is 0 Å². The summed E-state index contributed by atoms with van der Waals surface area (Å²) in [6.45, 7) is 1.84. The average Bonchev–Trinajstić information content (AvgIpc) is 2.15. The van der Waals surface area contributed by atoms with Gasteiger partial charge in [0.2, 0.25) is 0 Å². The van der Waals surface area contributed by atoms with E-state index in [1.165, 1.54) is 0 Å². The van der Waals surface area contributed by atoms with Gasteiger partial charge in [0, 0.05) is 17.5 Å². The molecule has 0 radical (unpaired) electrons. The summed E-state index contributed by atoms with van der Waals surface area (Å²) in [5, 5.41) is 11.0. The SMILES string of the molecule is CC(=N/C=C\S)c1ccccc1O. The number of thiol groups is 1. The number of phenolic OH excluding ortho intramolecular Hbond substituents is 1. The summed E-state index contributed by atoms with van der Waals surface area (Å²) in [6, 6.07) is 7.10. The van der Waals surface area contributed by atoms with E-state index in [0.29, 0.717) is 0 Å². The van der Waals surface area contributed by atoms with Gasteiger partial charge < -0.3 is 5.11 Å². The minimum absolute atomic E-state index is 0.247. The Labute approximate surface area is 83.0 Å². The number of benzene rings is 1. The molecule has 0 aliphatic heterocycles. The van der Waals surface area contributed by atoms with Gasteiger partial charge in [-0.25, -0.2) is 0 Å². The van der Waals surface area contributed by atoms with Crippen molar-refractivity contribution < 1.29 is 5.11 Å². The normalized spacial score (nSPS) is 12.3. The van der Waals surface area contributed by atoms with Crippen molar-refractivity contribution >= 4 is 18.3 Å². The Morgan fingerprint density at radius 2 is 2.15 bits per heavy atom. The van der Waals surface area contributed by atoms with E-state index in [2.05, 4.69) is 17.6 Å². The van der Waals surface area contributed by atoms with Crippen LogP contribution in [0.5, 0.6) is 5.75 Å². The molecule has 0 fully saturated rings. The lowest BCUT2D eigenvalue weighted by atomic mass is 10.1. The molecule has 13 heavy (non-hydrogen) atoms. The second kappa shape index (κ2) is 4.72. The molecule has 0 amide bonds. The summed E-state index contributed by atoms with van der Waals surface area (Å²) in [5.74, 6) is 0.247. The highest BCUT2D eigenvalue weighted by molar-refractivity contribution is 7.83. The third-order valence-corrected chi connectivity index (χ3v) is 1.76. The first-order chi connectivity index (χ1) is 6.25. The quantitative estimate of drug-likeness (QED) is 0.549. The largest absolute Gasteiger partial charge is 0.507 e. The predicted molar refractivity (Wildman–Crippen MR) is 58.4 cm³/mol. The summed E-state index contributed by atoms with van der Waals surface area (Å²) in [5.41, 5.74) is 1.51. The maximum absolute atomic E-state index is 9.46. The minimum Gasteiger partial charge on any atom is -0.507 e. The molecule has 0 spiro atoms. The Morgan fingerprint density at radius 3 is 2.77 bits per heavy atom. The molecule has 0 saturated heterocycles. The fourth-order valence-corrected chi connectivity index (χ4v) is 1.06. The summed E-state index contributed by atoms with van der Waals surface area (Å²) < 4.78 is 0. The number of rotatable bonds is 2. The maximum atomic E-state index is 9.46. The van der Waals surface area contributed by atoms with E-state index in [1.54, 1.807) is 23.7 Å². The molecule has 0 aromatic heterocycles. The van der Waals surface area contributed by atoms with Crippen molar-refractivity contribution in [1.82, 2.24) is 0 Å². The second-order valence-electron chi connectivity index (χ2n) is 2.53. The van der Waals surface area contributed by atoms with Gasteiger partial charge in [0.25, 0.3) is 0 Å². The Morgan fingerprint density at radius 1 is 1.46 bits per heavy atom. The molecule has 0 aliphatic carbocycles. The van der Waals surface area contributed by atoms with E-state index in [9.17, 15) is 5.11 Å². The zero-order valence-electron chi connectivity index (χ0n) is 7.31. The Hall–Kier alpha value is -1.22. The van der Waals surface area contributed by atoms with Crippen molar-refractivity contribution in [3.8, 4) is 5.75 Å². The summed E-state index contributed by atoms with van der Waals surface area (Å²) >= 11 is 3.88. The molecule has 2 nitrogen and oxygen atoms in total. The second-order valence-corrected chi connectivity index (χ2v) is 2.83. The standard InChI is InChI=1S/C10H11NOS/c1-8(11-6-7-13)9-4-2-3-5-10(9)12/h2-7,12-13H,1H3/b7-6-,11-8?. The van der Waals surface area contributed by atoms with Gasteiger partial charge >= 0.3 is 0 Å². The van der Waals surface area contributed by atoms with Crippen LogP contribution in [0.25, 0.3) is 0 Å². The molecule has 0 aliphatic rings. The van der Waals surface area contributed by atoms with E-state index in [1.807, 2.05) is 19.1 Å². The Balaban J connectivity index is 3.01. The van der Waals surface area contributed by atoms with Gasteiger partial charge in [-0.3, -0.25) is 4.99 Å². The number of nitrogens with zero attached hydrogens (tertiary/aromatic N) is 1. The highest BCUT2D eigenvalue weighted by Crippen LogP contribution is 2.16. The van der Waals surface area contributed by atoms with Crippen molar-refractivity contribution in [2.24, 2.45) is 4.99 Å². The molecule has 0 bridgehead atoms. The van der Waals surface area contributed by atoms with Crippen molar-refractivity contribution in [3.63, 3.8) is 0 Å². The molecule has 0 heterocycles. The van der Waals surface area contributed by atoms with Gasteiger partial charge in [0.15, 0.2) is 0 Å². The Bertz CT molecular complexity index is 345. The van der Waals surface area contributed by atoms with Crippen LogP contribution in [0.1, 0.15) is 12.5 Å². The molecule has 0 unspecified atom stereocenters. The topological polar surface area (TPSA) is 32.6 Å². The van der Waals surface area contributed by atoms with E-state index < -0.39 is 0 Å². The minimum atomic E-state index is 0.247. The summed E-state index contributed by atoms with van der Waals surface area (Å²) in [6.07, 6.45) is 1.57. The number of hydrogen-bond donors (Lipinski definition) is 2. The van der Waals surface area contributed by atoms with Crippen LogP contribution in [0.4, 0.5) is 0 Å². The predicted octanol–water partition coefficient (Wildman–Crippen LogP) is 2.60. The third-order valence-electron chi connectivity index (χ3n) is 1.63. The lowest BCUT2D eigenvalue weighted by molar-refractivity contribution is 0.474. The molecule has 68 valence electrons. The average molecular weight is 193 g/mol. The summed E-state index contributed by atoms with van der Waals surface area (Å²) in [7, 11) is 0. The van der Waals surface area contributed by atoms with Crippen LogP contribution in [0.15, 0.2) is 40.9 Å². The van der Waals surface area contributed by atoms with Gasteiger partial charge in [0.1, 0.15) is 5.75 Å². The fourth-order valence-electron chi connectivity index (χ4n) is 0.994. The van der Waals surface area contributed by atoms with Crippen LogP contribution in [0, 0.1) is 0 Å². The highest BCUT2D eigenvalue weighted by Gasteiger charge is 2.00. The first-order valence-corrected chi connectivity index (χ1v) is 4.39. The van der Waals surface area contributed by atoms with Gasteiger partial charge in [-0.2, -0.15) is 0 Å². The first kappa shape index (κ1) is 9.86. The van der Waals surface area contributed by atoms with Gasteiger partial charge in [-0.05, 0) is 24.5 Å². The zero-order chi connectivity index (χ0) is 9.68. The molecule has 1 aromatic carbocycles. The van der Waals surface area contributed by atoms with Gasteiger partial charge in [0.05, 0.1) is 0 Å². The number of hydrogen-bond acceptors (Lipinski definition) is 3. The number of aliphatic imine (C=N–C) groups is 1. The van der Waals surface area contributed by atoms with E-state index in [4.69, 9.17) is 0 Å². The van der Waals surface area contributed by atoms with Crippen LogP contribution in [-0.2, 0) is 0 Å². The molecule has 3 heteroatoms. The third kappa shape index (κ3) is 2.63. The van der Waals surface area contributed by atoms with Gasteiger partial charge in [-0.15, -0.1) is 12.6 Å². The Kier molecular flexibility index (Phi) is 3.58. The number of aromatic hydroxyl groups is 1. The van der Waals surface area contributed by atoms with Crippen LogP contribution in [0.3, 0.4) is 0 Å². The molecular weight excluding hydrogens is 182 g/mol. The van der Waals surface area contributed by atoms with Crippen molar-refractivity contribution in [3.05, 3.63) is 41.4 Å². The van der Waals surface area contributed by atoms with Gasteiger partial charge in [-0.1, -0.05) is 12.1 Å². The van der Waals surface area contributed by atoms with Crippen molar-refractivity contribution in [2.75, 3.05) is 0 Å². The smallest absolute Gasteiger partial charge is 0.124 e. The lowest BCUT2D eigenvalue weighted by Gasteiger charge is -2.01. The van der Waals surface area contributed by atoms with Crippen molar-refractivity contribution in [1.29, 1.82) is 0 Å². The highest BCUT2D eigenvalue weighted by atomic mass is 32.1. The van der Waals surface area contributed by atoms with E-state index in [0.717, 1.165) is 11.3 Å². The van der Waals surface area contributed by atoms with Crippen LogP contribution in [-0.4, -0.2) is 10.8 Å². The molecular formula is C10H11NOS.